The molecule has 13 heteroatoms. The highest BCUT2D eigenvalue weighted by Gasteiger charge is 2.33. The molecule has 9 nitrogen and oxygen atoms in total. The first kappa shape index (κ1) is 26.6. The molecule has 0 saturated carbocycles. The van der Waals surface area contributed by atoms with E-state index in [1.807, 2.05) is 7.05 Å². The lowest BCUT2D eigenvalue weighted by atomic mass is 10.0. The first-order valence-corrected chi connectivity index (χ1v) is 13.9. The fraction of sp³-hybridized carbons (Fsp3) is 0.333. The van der Waals surface area contributed by atoms with Crippen LogP contribution < -0.4 is 15.2 Å². The molecule has 2 aromatic carbocycles. The Bertz CT molecular complexity index is 1660. The van der Waals surface area contributed by atoms with Gasteiger partial charge in [-0.2, -0.15) is 9.97 Å². The number of hydrogen-bond donors (Lipinski definition) is 1. The van der Waals surface area contributed by atoms with Crippen LogP contribution in [0.1, 0.15) is 12.8 Å². The van der Waals surface area contributed by atoms with E-state index >= 15 is 4.39 Å². The van der Waals surface area contributed by atoms with Gasteiger partial charge in [0.25, 0.3) is 0 Å². The average Bonchev–Trinajstić information content (AvgIpc) is 3.51. The number of nitrogens with zero attached hydrogens (tertiary/aromatic N) is 5. The summed E-state index contributed by atoms with van der Waals surface area (Å²) in [6, 6.07) is 4.29. The van der Waals surface area contributed by atoms with E-state index in [1.54, 1.807) is 4.90 Å². The van der Waals surface area contributed by atoms with Gasteiger partial charge >= 0.3 is 6.01 Å². The molecule has 2 fully saturated rings. The third-order valence-electron chi connectivity index (χ3n) is 7.30. The summed E-state index contributed by atoms with van der Waals surface area (Å²) in [6.45, 7) is 5.44. The summed E-state index contributed by atoms with van der Waals surface area (Å²) in [7, 11) is 2.02. The number of rotatable bonds is 7. The summed E-state index contributed by atoms with van der Waals surface area (Å²) in [5.74, 6) is -1.39. The van der Waals surface area contributed by atoms with Crippen LogP contribution in [0, 0.1) is 11.6 Å². The van der Waals surface area contributed by atoms with Crippen LogP contribution in [0.4, 0.5) is 13.9 Å². The van der Waals surface area contributed by atoms with Crippen LogP contribution in [-0.2, 0) is 4.79 Å². The summed E-state index contributed by atoms with van der Waals surface area (Å²) in [5, 5.41) is 0.422. The number of hydrogen-bond acceptors (Lipinski definition) is 9. The van der Waals surface area contributed by atoms with Crippen molar-refractivity contribution < 1.29 is 23.0 Å². The van der Waals surface area contributed by atoms with Crippen molar-refractivity contribution in [1.82, 2.24) is 24.8 Å². The van der Waals surface area contributed by atoms with E-state index in [9.17, 15) is 9.18 Å². The third-order valence-corrected chi connectivity index (χ3v) is 8.49. The molecule has 6 rings (SSSR count). The van der Waals surface area contributed by atoms with Crippen LogP contribution in [-0.4, -0.2) is 76.1 Å². The average molecular weight is 587 g/mol. The lowest BCUT2D eigenvalue weighted by molar-refractivity contribution is -0.134. The largest absolute Gasteiger partial charge is 0.470 e. The number of ether oxygens (including phenoxy) is 2. The zero-order chi connectivity index (χ0) is 28.1. The van der Waals surface area contributed by atoms with Gasteiger partial charge in [-0.25, -0.2) is 13.8 Å². The molecule has 1 amide bonds. The van der Waals surface area contributed by atoms with Crippen LogP contribution in [0.25, 0.3) is 32.2 Å². The summed E-state index contributed by atoms with van der Waals surface area (Å²) in [5.41, 5.74) is 6.25. The van der Waals surface area contributed by atoms with Crippen molar-refractivity contribution >= 4 is 55.1 Å². The van der Waals surface area contributed by atoms with Gasteiger partial charge < -0.3 is 25.0 Å². The fourth-order valence-electron chi connectivity index (χ4n) is 5.08. The van der Waals surface area contributed by atoms with Crippen LogP contribution in [0.3, 0.4) is 0 Å². The predicted molar refractivity (Wildman–Crippen MR) is 150 cm³/mol. The van der Waals surface area contributed by atoms with E-state index in [-0.39, 0.29) is 72.3 Å². The Kier molecular flexibility index (Phi) is 6.93. The van der Waals surface area contributed by atoms with Crippen LogP contribution in [0.5, 0.6) is 11.9 Å². The summed E-state index contributed by atoms with van der Waals surface area (Å²) in [6.07, 6.45) is 2.89. The second kappa shape index (κ2) is 10.4. The Balaban J connectivity index is 1.43. The molecule has 2 aliphatic heterocycles. The maximum atomic E-state index is 16.4. The van der Waals surface area contributed by atoms with Crippen LogP contribution in [0.15, 0.2) is 30.9 Å². The number of carbonyl (C=O) groups is 1. The molecular formula is C27H25ClF2N6O3S. The number of carbonyl (C=O) groups excluding carboxylic acids is 1. The molecule has 208 valence electrons. The Morgan fingerprint density at radius 3 is 2.80 bits per heavy atom. The number of amides is 1. The zero-order valence-corrected chi connectivity index (χ0v) is 23.1. The second-order valence-corrected chi connectivity index (χ2v) is 11.3. The van der Waals surface area contributed by atoms with Gasteiger partial charge in [-0.15, -0.1) is 0 Å². The van der Waals surface area contributed by atoms with E-state index < -0.39 is 11.6 Å². The molecule has 1 atom stereocenters. The fourth-order valence-corrected chi connectivity index (χ4v) is 6.14. The number of benzene rings is 2. The number of likely N-dealkylation sites (tertiary alicyclic amines) is 2. The molecule has 0 aliphatic carbocycles. The molecule has 2 N–H and O–H groups in total. The first-order chi connectivity index (χ1) is 19.2. The van der Waals surface area contributed by atoms with Crippen LogP contribution >= 0.6 is 22.9 Å². The van der Waals surface area contributed by atoms with Gasteiger partial charge in [-0.05, 0) is 50.7 Å². The quantitative estimate of drug-likeness (QED) is 0.311. The van der Waals surface area contributed by atoms with E-state index in [2.05, 4.69) is 26.4 Å². The Morgan fingerprint density at radius 2 is 2.08 bits per heavy atom. The van der Waals surface area contributed by atoms with Crippen molar-refractivity contribution in [1.29, 1.82) is 0 Å². The molecular weight excluding hydrogens is 562 g/mol. The first-order valence-electron chi connectivity index (χ1n) is 12.7. The minimum atomic E-state index is -0.755. The number of thiazole rings is 1. The van der Waals surface area contributed by atoms with Crippen molar-refractivity contribution in [2.24, 2.45) is 0 Å². The van der Waals surface area contributed by atoms with Crippen molar-refractivity contribution in [2.75, 3.05) is 39.0 Å². The second-order valence-electron chi connectivity index (χ2n) is 9.85. The minimum Gasteiger partial charge on any atom is -0.470 e. The maximum Gasteiger partial charge on any atom is 0.320 e. The maximum absolute atomic E-state index is 16.4. The summed E-state index contributed by atoms with van der Waals surface area (Å²) < 4.78 is 43.0. The standard InChI is InChI=1S/C27H25ClF2N6O3S/c1-3-19(37)36-10-14(11-36)39-25-16-9-17(28)20(15-6-7-18(29)24-23(15)32-26(31)40-24)21(30)22(16)33-27(34-25)38-12-13-5-4-8-35(13)2/h3,6-7,9,13-14H,1,4-5,8,10-12H2,2H3,(H2,31,32)/t13-/m0/s1. The van der Waals surface area contributed by atoms with Gasteiger partial charge in [0.2, 0.25) is 11.8 Å². The Labute approximate surface area is 237 Å². The Morgan fingerprint density at radius 1 is 1.27 bits per heavy atom. The highest BCUT2D eigenvalue weighted by Crippen LogP contribution is 2.42. The van der Waals surface area contributed by atoms with E-state index in [0.29, 0.717) is 19.7 Å². The van der Waals surface area contributed by atoms with Gasteiger partial charge in [-0.3, -0.25) is 4.79 Å². The number of nitrogen functional groups attached to an aromatic ring is 1. The molecule has 0 radical (unpaired) electrons. The number of halogens is 3. The highest BCUT2D eigenvalue weighted by molar-refractivity contribution is 7.22. The summed E-state index contributed by atoms with van der Waals surface area (Å²) >= 11 is 7.60. The predicted octanol–water partition coefficient (Wildman–Crippen LogP) is 4.67. The molecule has 0 bridgehead atoms. The van der Waals surface area contributed by atoms with Crippen LogP contribution in [0.2, 0.25) is 5.02 Å². The number of anilines is 1. The molecule has 40 heavy (non-hydrogen) atoms. The normalized spacial score (nSPS) is 17.9. The van der Waals surface area contributed by atoms with Gasteiger partial charge in [0.15, 0.2) is 10.9 Å². The molecule has 0 spiro atoms. The van der Waals surface area contributed by atoms with E-state index in [1.165, 1.54) is 24.3 Å². The molecule has 0 unspecified atom stereocenters. The molecule has 4 aromatic rings. The van der Waals surface area contributed by atoms with Gasteiger partial charge in [0, 0.05) is 17.2 Å². The van der Waals surface area contributed by atoms with Crippen molar-refractivity contribution in [3.8, 4) is 23.0 Å². The monoisotopic (exact) mass is 586 g/mol. The SMILES string of the molecule is C=CC(=O)N1CC(Oc2nc(OC[C@@H]3CCCN3C)nc3c(F)c(-c4ccc(F)c5sc(N)nc45)c(Cl)cc23)C1. The van der Waals surface area contributed by atoms with Crippen molar-refractivity contribution in [2.45, 2.75) is 25.0 Å². The minimum absolute atomic E-state index is 0.00184. The third kappa shape index (κ3) is 4.69. The lowest BCUT2D eigenvalue weighted by Gasteiger charge is -2.38. The molecule has 2 aliphatic rings. The smallest absolute Gasteiger partial charge is 0.320 e. The summed E-state index contributed by atoms with van der Waals surface area (Å²) in [4.78, 5) is 28.7. The number of fused-ring (bicyclic) bond motifs is 2. The number of likely N-dealkylation sites (N-methyl/N-ethyl adjacent to an activating group) is 1. The highest BCUT2D eigenvalue weighted by atomic mass is 35.5. The number of aromatic nitrogens is 3. The van der Waals surface area contributed by atoms with Crippen molar-refractivity contribution in [3.05, 3.63) is 47.5 Å². The van der Waals surface area contributed by atoms with Gasteiger partial charge in [0.1, 0.15) is 24.0 Å². The van der Waals surface area contributed by atoms with E-state index in [4.69, 9.17) is 26.8 Å². The van der Waals surface area contributed by atoms with Gasteiger partial charge in [0.05, 0.1) is 33.7 Å². The Hall–Kier alpha value is -3.61. The topological polar surface area (TPSA) is 107 Å². The van der Waals surface area contributed by atoms with Crippen molar-refractivity contribution in [3.63, 3.8) is 0 Å². The molecule has 2 saturated heterocycles. The molecule has 2 aromatic heterocycles. The number of nitrogens with two attached hydrogens (primary N) is 1. The van der Waals surface area contributed by atoms with Gasteiger partial charge in [-0.1, -0.05) is 29.5 Å². The molecule has 4 heterocycles. The zero-order valence-electron chi connectivity index (χ0n) is 21.5. The van der Waals surface area contributed by atoms with E-state index in [0.717, 1.165) is 30.7 Å². The lowest BCUT2D eigenvalue weighted by Crippen LogP contribution is -2.55.